The predicted molar refractivity (Wildman–Crippen MR) is 121 cm³/mol. The van der Waals surface area contributed by atoms with E-state index in [-0.39, 0.29) is 16.7 Å². The third kappa shape index (κ3) is 5.08. The molecule has 172 valence electrons. The number of nitrogens with zero attached hydrogens (tertiary/aromatic N) is 4. The van der Waals surface area contributed by atoms with Crippen LogP contribution in [0.3, 0.4) is 0 Å². The molecule has 11 heteroatoms. The van der Waals surface area contributed by atoms with Gasteiger partial charge in [0.1, 0.15) is 23.6 Å². The van der Waals surface area contributed by atoms with Gasteiger partial charge < -0.3 is 18.8 Å². The highest BCUT2D eigenvalue weighted by molar-refractivity contribution is 7.92. The Kier molecular flexibility index (Phi) is 6.48. The Labute approximate surface area is 192 Å². The van der Waals surface area contributed by atoms with Gasteiger partial charge >= 0.3 is 0 Å². The summed E-state index contributed by atoms with van der Waals surface area (Å²) in [6.45, 7) is 6.21. The number of sulfonamides is 1. The summed E-state index contributed by atoms with van der Waals surface area (Å²) in [5.41, 5.74) is 2.08. The molecule has 0 spiro atoms. The van der Waals surface area contributed by atoms with Crippen LogP contribution >= 0.6 is 0 Å². The number of aromatic nitrogens is 3. The lowest BCUT2D eigenvalue weighted by Gasteiger charge is -2.28. The number of hydrogen-bond donors (Lipinski definition) is 1. The zero-order valence-electron chi connectivity index (χ0n) is 18.5. The lowest BCUT2D eigenvalue weighted by atomic mass is 10.2. The van der Waals surface area contributed by atoms with Gasteiger partial charge in [-0.1, -0.05) is 11.8 Å². The first-order valence-electron chi connectivity index (χ1n) is 10.2. The van der Waals surface area contributed by atoms with Crippen LogP contribution in [0.5, 0.6) is 5.88 Å². The Morgan fingerprint density at radius 1 is 1.12 bits per heavy atom. The number of anilines is 2. The van der Waals surface area contributed by atoms with Crippen LogP contribution in [-0.4, -0.2) is 56.8 Å². The van der Waals surface area contributed by atoms with Crippen LogP contribution in [0.25, 0.3) is 0 Å². The van der Waals surface area contributed by atoms with Crippen molar-refractivity contribution in [3.8, 4) is 17.7 Å². The Hall–Kier alpha value is -3.62. The second-order valence-electron chi connectivity index (χ2n) is 7.26. The van der Waals surface area contributed by atoms with Crippen LogP contribution in [0.4, 0.5) is 11.5 Å². The summed E-state index contributed by atoms with van der Waals surface area (Å²) < 4.78 is 43.7. The van der Waals surface area contributed by atoms with E-state index in [1.807, 2.05) is 6.92 Å². The van der Waals surface area contributed by atoms with Gasteiger partial charge in [-0.2, -0.15) is 8.42 Å². The molecule has 0 aromatic carbocycles. The monoisotopic (exact) mass is 469 g/mol. The van der Waals surface area contributed by atoms with Crippen molar-refractivity contribution in [3.05, 3.63) is 53.3 Å². The minimum Gasteiger partial charge on any atom is -0.479 e. The molecule has 1 N–H and O–H groups in total. The van der Waals surface area contributed by atoms with E-state index in [1.54, 1.807) is 19.1 Å². The van der Waals surface area contributed by atoms with Gasteiger partial charge in [-0.25, -0.2) is 15.0 Å². The normalized spacial score (nSPS) is 13.8. The van der Waals surface area contributed by atoms with Gasteiger partial charge in [0.05, 0.1) is 31.6 Å². The second kappa shape index (κ2) is 9.48. The number of hydrogen-bond acceptors (Lipinski definition) is 9. The molecule has 3 aromatic rings. The molecule has 1 aliphatic heterocycles. The molecule has 10 nitrogen and oxygen atoms in total. The molecule has 1 aliphatic rings. The van der Waals surface area contributed by atoms with Crippen molar-refractivity contribution in [1.29, 1.82) is 0 Å². The van der Waals surface area contributed by atoms with E-state index in [9.17, 15) is 8.42 Å². The van der Waals surface area contributed by atoms with Crippen LogP contribution in [0.1, 0.15) is 22.6 Å². The van der Waals surface area contributed by atoms with Gasteiger partial charge in [0.25, 0.3) is 10.0 Å². The maximum atomic E-state index is 12.7. The van der Waals surface area contributed by atoms with E-state index in [1.165, 1.54) is 25.7 Å². The number of rotatable bonds is 5. The first-order valence-corrected chi connectivity index (χ1v) is 11.7. The van der Waals surface area contributed by atoms with Crippen LogP contribution in [0, 0.1) is 25.7 Å². The van der Waals surface area contributed by atoms with Gasteiger partial charge in [0, 0.05) is 24.8 Å². The van der Waals surface area contributed by atoms with E-state index in [0.29, 0.717) is 43.2 Å². The average Bonchev–Trinajstić information content (AvgIpc) is 3.26. The first-order chi connectivity index (χ1) is 15.9. The molecule has 0 saturated carbocycles. The number of aryl methyl sites for hydroxylation is 2. The van der Waals surface area contributed by atoms with Crippen molar-refractivity contribution in [2.75, 3.05) is 43.0 Å². The van der Waals surface area contributed by atoms with Crippen LogP contribution in [-0.2, 0) is 14.8 Å². The highest BCUT2D eigenvalue weighted by Gasteiger charge is 2.21. The summed E-state index contributed by atoms with van der Waals surface area (Å²) in [6.07, 6.45) is 3.03. The minimum atomic E-state index is -3.96. The predicted octanol–water partition coefficient (Wildman–Crippen LogP) is 2.13. The molecule has 0 atom stereocenters. The highest BCUT2D eigenvalue weighted by Crippen LogP contribution is 2.26. The van der Waals surface area contributed by atoms with Gasteiger partial charge in [-0.15, -0.1) is 0 Å². The third-order valence-electron chi connectivity index (χ3n) is 4.93. The van der Waals surface area contributed by atoms with Crippen LogP contribution < -0.4 is 14.4 Å². The van der Waals surface area contributed by atoms with Gasteiger partial charge in [-0.05, 0) is 32.0 Å². The fourth-order valence-electron chi connectivity index (χ4n) is 3.26. The lowest BCUT2D eigenvalue weighted by Crippen LogP contribution is -2.37. The van der Waals surface area contributed by atoms with Crippen molar-refractivity contribution in [3.63, 3.8) is 0 Å². The minimum absolute atomic E-state index is 0.112. The van der Waals surface area contributed by atoms with E-state index in [4.69, 9.17) is 13.9 Å². The van der Waals surface area contributed by atoms with E-state index < -0.39 is 10.0 Å². The summed E-state index contributed by atoms with van der Waals surface area (Å²) in [5, 5.41) is -0.203. The molecule has 3 aromatic heterocycles. The molecular weight excluding hydrogens is 446 g/mol. The molecular formula is C22H23N5O5S. The lowest BCUT2D eigenvalue weighted by molar-refractivity contribution is 0.122. The number of morpholine rings is 1. The molecule has 1 saturated heterocycles. The van der Waals surface area contributed by atoms with Crippen molar-refractivity contribution >= 4 is 21.5 Å². The summed E-state index contributed by atoms with van der Waals surface area (Å²) in [4.78, 5) is 15.0. The van der Waals surface area contributed by atoms with Gasteiger partial charge in [0.2, 0.25) is 11.0 Å². The third-order valence-corrected chi connectivity index (χ3v) is 6.17. The maximum absolute atomic E-state index is 12.7. The topological polar surface area (TPSA) is 120 Å². The van der Waals surface area contributed by atoms with Gasteiger partial charge in [0.15, 0.2) is 0 Å². The molecule has 0 amide bonds. The number of methoxy groups -OCH3 is 1. The highest BCUT2D eigenvalue weighted by atomic mass is 32.2. The molecule has 0 unspecified atom stereocenters. The summed E-state index contributed by atoms with van der Waals surface area (Å²) in [7, 11) is -2.56. The van der Waals surface area contributed by atoms with E-state index in [0.717, 1.165) is 11.5 Å². The van der Waals surface area contributed by atoms with Crippen molar-refractivity contribution < 1.29 is 22.3 Å². The fraction of sp³-hybridized carbons (Fsp3) is 0.318. The summed E-state index contributed by atoms with van der Waals surface area (Å²) in [6, 6.07) is 4.51. The molecule has 4 heterocycles. The molecule has 0 bridgehead atoms. The number of ether oxygens (including phenoxy) is 2. The Morgan fingerprint density at radius 3 is 2.61 bits per heavy atom. The molecule has 4 rings (SSSR count). The van der Waals surface area contributed by atoms with Crippen molar-refractivity contribution in [1.82, 2.24) is 15.0 Å². The quantitative estimate of drug-likeness (QED) is 0.560. The maximum Gasteiger partial charge on any atom is 0.295 e. The van der Waals surface area contributed by atoms with Crippen molar-refractivity contribution in [2.45, 2.75) is 18.9 Å². The molecule has 33 heavy (non-hydrogen) atoms. The first kappa shape index (κ1) is 22.6. The van der Waals surface area contributed by atoms with Crippen LogP contribution in [0.15, 0.2) is 40.2 Å². The largest absolute Gasteiger partial charge is 0.479 e. The smallest absolute Gasteiger partial charge is 0.295 e. The number of furan rings is 1. The Bertz CT molecular complexity index is 1320. The van der Waals surface area contributed by atoms with Crippen molar-refractivity contribution in [2.24, 2.45) is 0 Å². The molecule has 1 fully saturated rings. The fourth-order valence-corrected chi connectivity index (χ4v) is 4.29. The SMILES string of the molecule is COc1ncc(C#Cc2c(C)ncnc2N2CCOCC2)cc1NS(=O)(=O)c1ccc(C)o1. The van der Waals surface area contributed by atoms with Gasteiger partial charge in [-0.3, -0.25) is 4.72 Å². The average molecular weight is 470 g/mol. The molecule has 0 radical (unpaired) electrons. The zero-order chi connectivity index (χ0) is 23.4. The Morgan fingerprint density at radius 2 is 1.91 bits per heavy atom. The zero-order valence-corrected chi connectivity index (χ0v) is 19.3. The summed E-state index contributed by atoms with van der Waals surface area (Å²) in [5.74, 6) is 7.50. The standard InChI is InChI=1S/C22H23N5O5S/c1-15-4-7-20(32-15)33(28,29)26-19-12-17(13-23-22(19)30-3)5-6-18-16(2)24-14-25-21(18)27-8-10-31-11-9-27/h4,7,12-14,26H,8-11H2,1-3H3. The van der Waals surface area contributed by atoms with Crippen LogP contribution in [0.2, 0.25) is 0 Å². The Balaban J connectivity index is 1.66. The van der Waals surface area contributed by atoms with E-state index >= 15 is 0 Å². The molecule has 0 aliphatic carbocycles. The second-order valence-corrected chi connectivity index (χ2v) is 8.87. The number of pyridine rings is 1. The van der Waals surface area contributed by atoms with E-state index in [2.05, 4.69) is 36.4 Å². The number of nitrogens with one attached hydrogen (secondary N) is 1. The summed E-state index contributed by atoms with van der Waals surface area (Å²) >= 11 is 0.